The maximum absolute atomic E-state index is 5.68. The lowest BCUT2D eigenvalue weighted by Crippen LogP contribution is -2.05. The molecule has 0 atom stereocenters. The van der Waals surface area contributed by atoms with Gasteiger partial charge in [-0.1, -0.05) is 24.3 Å². The standard InChI is InChI=1S/C20H19N5OS/c1-3-26-17-9-6-7-14(13(17)2)16-11-22-25-20(24-16)21-12-19-23-15-8-4-5-10-18(15)27-19/h4-11H,3,12H2,1-2H3,(H,21,24,25). The van der Waals surface area contributed by atoms with Gasteiger partial charge in [-0.3, -0.25) is 0 Å². The highest BCUT2D eigenvalue weighted by molar-refractivity contribution is 7.18. The van der Waals surface area contributed by atoms with E-state index < -0.39 is 0 Å². The first-order valence-electron chi connectivity index (χ1n) is 8.75. The summed E-state index contributed by atoms with van der Waals surface area (Å²) in [6.07, 6.45) is 1.67. The normalized spacial score (nSPS) is 10.9. The molecule has 6 nitrogen and oxygen atoms in total. The first kappa shape index (κ1) is 17.4. The number of aromatic nitrogens is 4. The minimum atomic E-state index is 0.480. The molecular formula is C20H19N5OS. The summed E-state index contributed by atoms with van der Waals surface area (Å²) in [7, 11) is 0. The zero-order valence-electron chi connectivity index (χ0n) is 15.1. The van der Waals surface area contributed by atoms with Crippen molar-refractivity contribution in [3.05, 3.63) is 59.2 Å². The minimum absolute atomic E-state index is 0.480. The maximum atomic E-state index is 5.68. The molecular weight excluding hydrogens is 358 g/mol. The van der Waals surface area contributed by atoms with E-state index in [1.807, 2.05) is 50.2 Å². The van der Waals surface area contributed by atoms with E-state index in [1.165, 1.54) is 4.70 Å². The van der Waals surface area contributed by atoms with Crippen LogP contribution in [0.15, 0.2) is 48.7 Å². The van der Waals surface area contributed by atoms with E-state index in [0.29, 0.717) is 19.1 Å². The Labute approximate surface area is 161 Å². The fourth-order valence-corrected chi connectivity index (χ4v) is 3.77. The highest BCUT2D eigenvalue weighted by Gasteiger charge is 2.10. The van der Waals surface area contributed by atoms with Crippen molar-refractivity contribution in [3.8, 4) is 17.0 Å². The second-order valence-electron chi connectivity index (χ2n) is 5.96. The Morgan fingerprint density at radius 1 is 1.07 bits per heavy atom. The van der Waals surface area contributed by atoms with E-state index in [1.54, 1.807) is 17.5 Å². The Hall–Kier alpha value is -3.06. The summed E-state index contributed by atoms with van der Waals surface area (Å²) in [5, 5.41) is 12.4. The number of nitrogens with one attached hydrogen (secondary N) is 1. The van der Waals surface area contributed by atoms with Crippen molar-refractivity contribution >= 4 is 27.5 Å². The molecule has 2 heterocycles. The van der Waals surface area contributed by atoms with E-state index in [9.17, 15) is 0 Å². The molecule has 0 bridgehead atoms. The molecule has 0 aliphatic heterocycles. The molecule has 1 N–H and O–H groups in total. The van der Waals surface area contributed by atoms with Crippen molar-refractivity contribution in [3.63, 3.8) is 0 Å². The van der Waals surface area contributed by atoms with Crippen LogP contribution in [0.2, 0.25) is 0 Å². The Bertz CT molecular complexity index is 1050. The Morgan fingerprint density at radius 3 is 2.81 bits per heavy atom. The van der Waals surface area contributed by atoms with Crippen LogP contribution in [0.5, 0.6) is 5.75 Å². The van der Waals surface area contributed by atoms with Crippen molar-refractivity contribution in [1.29, 1.82) is 0 Å². The van der Waals surface area contributed by atoms with E-state index in [2.05, 4.69) is 31.5 Å². The number of ether oxygens (including phenoxy) is 1. The highest BCUT2D eigenvalue weighted by atomic mass is 32.1. The number of para-hydroxylation sites is 1. The van der Waals surface area contributed by atoms with E-state index in [-0.39, 0.29) is 0 Å². The molecule has 2 aromatic heterocycles. The largest absolute Gasteiger partial charge is 0.494 e. The van der Waals surface area contributed by atoms with Crippen molar-refractivity contribution < 1.29 is 4.74 Å². The summed E-state index contributed by atoms with van der Waals surface area (Å²) >= 11 is 1.66. The van der Waals surface area contributed by atoms with Crippen LogP contribution in [-0.4, -0.2) is 26.8 Å². The summed E-state index contributed by atoms with van der Waals surface area (Å²) in [6.45, 7) is 5.18. The average molecular weight is 377 g/mol. The number of rotatable bonds is 6. The molecule has 136 valence electrons. The number of benzene rings is 2. The fraction of sp³-hybridized carbons (Fsp3) is 0.200. The lowest BCUT2D eigenvalue weighted by atomic mass is 10.1. The average Bonchev–Trinajstić information content (AvgIpc) is 3.11. The van der Waals surface area contributed by atoms with Gasteiger partial charge in [-0.2, -0.15) is 5.10 Å². The predicted molar refractivity (Wildman–Crippen MR) is 108 cm³/mol. The van der Waals surface area contributed by atoms with Crippen molar-refractivity contribution in [2.24, 2.45) is 0 Å². The summed E-state index contributed by atoms with van der Waals surface area (Å²) < 4.78 is 6.85. The molecule has 4 aromatic rings. The van der Waals surface area contributed by atoms with Crippen LogP contribution in [0, 0.1) is 6.92 Å². The summed E-state index contributed by atoms with van der Waals surface area (Å²) in [6, 6.07) is 14.0. The molecule has 0 saturated heterocycles. The molecule has 0 unspecified atom stereocenters. The smallest absolute Gasteiger partial charge is 0.243 e. The molecule has 27 heavy (non-hydrogen) atoms. The van der Waals surface area contributed by atoms with Crippen LogP contribution in [-0.2, 0) is 6.54 Å². The quantitative estimate of drug-likeness (QED) is 0.534. The molecule has 2 aromatic carbocycles. The van der Waals surface area contributed by atoms with Gasteiger partial charge in [-0.15, -0.1) is 16.4 Å². The van der Waals surface area contributed by atoms with Crippen LogP contribution in [0.1, 0.15) is 17.5 Å². The molecule has 0 fully saturated rings. The van der Waals surface area contributed by atoms with Gasteiger partial charge in [0.05, 0.1) is 35.3 Å². The number of nitrogens with zero attached hydrogens (tertiary/aromatic N) is 4. The van der Waals surface area contributed by atoms with Crippen molar-refractivity contribution in [1.82, 2.24) is 20.2 Å². The molecule has 0 aliphatic carbocycles. The van der Waals surface area contributed by atoms with Crippen LogP contribution < -0.4 is 10.1 Å². The second-order valence-corrected chi connectivity index (χ2v) is 7.07. The Kier molecular flexibility index (Phi) is 4.93. The SMILES string of the molecule is CCOc1cccc(-c2cnnc(NCc3nc4ccccc4s3)n2)c1C. The summed E-state index contributed by atoms with van der Waals surface area (Å²) in [5.74, 6) is 1.34. The maximum Gasteiger partial charge on any atom is 0.243 e. The lowest BCUT2D eigenvalue weighted by Gasteiger charge is -2.11. The molecule has 0 radical (unpaired) electrons. The Morgan fingerprint density at radius 2 is 1.96 bits per heavy atom. The van der Waals surface area contributed by atoms with Crippen molar-refractivity contribution in [2.45, 2.75) is 20.4 Å². The lowest BCUT2D eigenvalue weighted by molar-refractivity contribution is 0.338. The molecule has 0 spiro atoms. The zero-order valence-corrected chi connectivity index (χ0v) is 16.0. The van der Waals surface area contributed by atoms with Crippen LogP contribution in [0.25, 0.3) is 21.5 Å². The number of hydrogen-bond acceptors (Lipinski definition) is 7. The van der Waals surface area contributed by atoms with Gasteiger partial charge in [0.1, 0.15) is 10.8 Å². The van der Waals surface area contributed by atoms with Gasteiger partial charge in [0.2, 0.25) is 5.95 Å². The van der Waals surface area contributed by atoms with Crippen LogP contribution >= 0.6 is 11.3 Å². The van der Waals surface area contributed by atoms with E-state index >= 15 is 0 Å². The zero-order chi connectivity index (χ0) is 18.6. The molecule has 0 saturated carbocycles. The van der Waals surface area contributed by atoms with Gasteiger partial charge in [0.15, 0.2) is 0 Å². The van der Waals surface area contributed by atoms with Crippen molar-refractivity contribution in [2.75, 3.05) is 11.9 Å². The molecule has 7 heteroatoms. The van der Waals surface area contributed by atoms with Gasteiger partial charge in [-0.05, 0) is 32.0 Å². The number of hydrogen-bond donors (Lipinski definition) is 1. The van der Waals surface area contributed by atoms with Gasteiger partial charge >= 0.3 is 0 Å². The fourth-order valence-electron chi connectivity index (χ4n) is 2.86. The van der Waals surface area contributed by atoms with E-state index in [0.717, 1.165) is 33.1 Å². The summed E-state index contributed by atoms with van der Waals surface area (Å²) in [5.41, 5.74) is 3.79. The Balaban J connectivity index is 1.55. The van der Waals surface area contributed by atoms with Crippen LogP contribution in [0.4, 0.5) is 5.95 Å². The number of thiazole rings is 1. The van der Waals surface area contributed by atoms with E-state index in [4.69, 9.17) is 4.74 Å². The third-order valence-corrected chi connectivity index (χ3v) is 5.19. The van der Waals surface area contributed by atoms with Gasteiger partial charge < -0.3 is 10.1 Å². The van der Waals surface area contributed by atoms with Gasteiger partial charge in [-0.25, -0.2) is 9.97 Å². The summed E-state index contributed by atoms with van der Waals surface area (Å²) in [4.78, 5) is 9.23. The topological polar surface area (TPSA) is 72.8 Å². The molecule has 4 rings (SSSR count). The van der Waals surface area contributed by atoms with Crippen LogP contribution in [0.3, 0.4) is 0 Å². The van der Waals surface area contributed by atoms with Gasteiger partial charge in [0, 0.05) is 11.1 Å². The second kappa shape index (κ2) is 7.67. The monoisotopic (exact) mass is 377 g/mol. The first-order chi connectivity index (χ1) is 13.2. The van der Waals surface area contributed by atoms with Gasteiger partial charge in [0.25, 0.3) is 0 Å². The molecule has 0 aliphatic rings. The predicted octanol–water partition coefficient (Wildman–Crippen LogP) is 4.47. The third kappa shape index (κ3) is 3.73. The molecule has 0 amide bonds. The number of anilines is 1. The third-order valence-electron chi connectivity index (χ3n) is 4.15. The number of fused-ring (bicyclic) bond motifs is 1. The first-order valence-corrected chi connectivity index (χ1v) is 9.57. The minimum Gasteiger partial charge on any atom is -0.494 e. The highest BCUT2D eigenvalue weighted by Crippen LogP contribution is 2.29.